The number of para-hydroxylation sites is 1. The van der Waals surface area contributed by atoms with E-state index in [9.17, 15) is 4.79 Å². The summed E-state index contributed by atoms with van der Waals surface area (Å²) < 4.78 is 13.1. The minimum absolute atomic E-state index is 0.184. The molecule has 4 heteroatoms. The third-order valence-corrected chi connectivity index (χ3v) is 4.49. The molecule has 4 nitrogen and oxygen atoms in total. The summed E-state index contributed by atoms with van der Waals surface area (Å²) in [6.07, 6.45) is 7.36. The van der Waals surface area contributed by atoms with Crippen LogP contribution in [0.5, 0.6) is 5.75 Å². The van der Waals surface area contributed by atoms with Gasteiger partial charge in [-0.1, -0.05) is 42.5 Å². The summed E-state index contributed by atoms with van der Waals surface area (Å²) >= 11 is 0. The van der Waals surface area contributed by atoms with Crippen LogP contribution in [-0.4, -0.2) is 12.9 Å². The number of fused-ring (bicyclic) bond motifs is 1. The van der Waals surface area contributed by atoms with Crippen molar-refractivity contribution in [2.75, 3.05) is 7.11 Å². The number of carbonyl (C=O) groups excluding carboxylic acids is 1. The van der Waals surface area contributed by atoms with Crippen LogP contribution in [0, 0.1) is 0 Å². The summed E-state index contributed by atoms with van der Waals surface area (Å²) in [5.74, 6) is 0.728. The van der Waals surface area contributed by atoms with Crippen LogP contribution in [0.3, 0.4) is 0 Å². The van der Waals surface area contributed by atoms with E-state index in [1.54, 1.807) is 19.3 Å². The Labute approximate surface area is 163 Å². The van der Waals surface area contributed by atoms with Gasteiger partial charge in [0.1, 0.15) is 0 Å². The second-order valence-electron chi connectivity index (χ2n) is 6.48. The molecule has 0 atom stereocenters. The van der Waals surface area contributed by atoms with Crippen LogP contribution < -0.4 is 9.30 Å². The van der Waals surface area contributed by atoms with Gasteiger partial charge in [0, 0.05) is 22.6 Å². The van der Waals surface area contributed by atoms with Crippen molar-refractivity contribution in [2.45, 2.75) is 6.54 Å². The monoisotopic (exact) mass is 370 g/mol. The predicted molar refractivity (Wildman–Crippen MR) is 108 cm³/mol. The molecule has 0 aliphatic heterocycles. The summed E-state index contributed by atoms with van der Waals surface area (Å²) in [7, 11) is 1.58. The smallest absolute Gasteiger partial charge is 0.221 e. The van der Waals surface area contributed by atoms with E-state index in [1.807, 2.05) is 60.9 Å². The van der Waals surface area contributed by atoms with Crippen molar-refractivity contribution in [3.8, 4) is 5.75 Å². The second-order valence-corrected chi connectivity index (χ2v) is 6.48. The Morgan fingerprint density at radius 1 is 1.07 bits per heavy atom. The number of methoxy groups -OCH3 is 1. The maximum Gasteiger partial charge on any atom is 0.221 e. The number of hydrogen-bond acceptors (Lipinski definition) is 3. The lowest BCUT2D eigenvalue weighted by Crippen LogP contribution is -2.33. The van der Waals surface area contributed by atoms with E-state index in [-0.39, 0.29) is 5.78 Å². The van der Waals surface area contributed by atoms with Crippen LogP contribution in [0.15, 0.2) is 89.6 Å². The zero-order chi connectivity index (χ0) is 19.3. The quantitative estimate of drug-likeness (QED) is 0.281. The number of pyridine rings is 1. The predicted octanol–water partition coefficient (Wildman–Crippen LogP) is 4.67. The Morgan fingerprint density at radius 3 is 2.75 bits per heavy atom. The zero-order valence-electron chi connectivity index (χ0n) is 15.5. The third-order valence-electron chi connectivity index (χ3n) is 4.49. The number of nitrogens with zero attached hydrogens (tertiary/aromatic N) is 1. The Bertz CT molecular complexity index is 1140. The molecule has 0 spiro atoms. The zero-order valence-corrected chi connectivity index (χ0v) is 15.5. The van der Waals surface area contributed by atoms with Gasteiger partial charge in [0.25, 0.3) is 0 Å². The van der Waals surface area contributed by atoms with E-state index < -0.39 is 0 Å². The molecule has 0 aliphatic rings. The molecule has 0 saturated heterocycles. The van der Waals surface area contributed by atoms with Crippen LogP contribution >= 0.6 is 0 Å². The molecule has 0 unspecified atom stereocenters. The molecule has 2 heterocycles. The van der Waals surface area contributed by atoms with Gasteiger partial charge in [-0.25, -0.2) is 4.57 Å². The maximum atomic E-state index is 12.5. The first-order chi connectivity index (χ1) is 13.7. The van der Waals surface area contributed by atoms with E-state index in [0.717, 1.165) is 17.5 Å². The summed E-state index contributed by atoms with van der Waals surface area (Å²) in [6.45, 7) is 0.778. The van der Waals surface area contributed by atoms with Crippen LogP contribution in [-0.2, 0) is 6.54 Å². The highest BCUT2D eigenvalue weighted by Gasteiger charge is 2.13. The minimum Gasteiger partial charge on any atom is -0.493 e. The van der Waals surface area contributed by atoms with E-state index in [0.29, 0.717) is 17.1 Å². The van der Waals surface area contributed by atoms with Crippen molar-refractivity contribution in [2.24, 2.45) is 0 Å². The van der Waals surface area contributed by atoms with Crippen molar-refractivity contribution in [3.05, 3.63) is 102 Å². The number of rotatable bonds is 6. The number of ether oxygens (including phenoxy) is 1. The average Bonchev–Trinajstić information content (AvgIpc) is 3.17. The summed E-state index contributed by atoms with van der Waals surface area (Å²) in [5.41, 5.74) is 2.75. The molecule has 0 N–H and O–H groups in total. The summed E-state index contributed by atoms with van der Waals surface area (Å²) in [4.78, 5) is 12.5. The molecule has 28 heavy (non-hydrogen) atoms. The summed E-state index contributed by atoms with van der Waals surface area (Å²) in [5, 5.41) is 0.844. The maximum absolute atomic E-state index is 12.5. The van der Waals surface area contributed by atoms with Gasteiger partial charge < -0.3 is 9.15 Å². The molecular formula is C24H20NO3+. The molecule has 0 aliphatic carbocycles. The Balaban J connectivity index is 1.52. The number of benzene rings is 2. The topological polar surface area (TPSA) is 43.3 Å². The lowest BCUT2D eigenvalue weighted by molar-refractivity contribution is -0.688. The van der Waals surface area contributed by atoms with Gasteiger partial charge in [0.05, 0.1) is 7.11 Å². The van der Waals surface area contributed by atoms with Gasteiger partial charge in [-0.2, -0.15) is 0 Å². The first kappa shape index (κ1) is 17.7. The van der Waals surface area contributed by atoms with Crippen molar-refractivity contribution < 1.29 is 18.5 Å². The largest absolute Gasteiger partial charge is 0.493 e. The number of allylic oxidation sites excluding steroid dienone is 1. The van der Waals surface area contributed by atoms with Gasteiger partial charge in [0.2, 0.25) is 5.78 Å². The van der Waals surface area contributed by atoms with Crippen molar-refractivity contribution in [1.29, 1.82) is 0 Å². The fourth-order valence-corrected chi connectivity index (χ4v) is 3.11. The lowest BCUT2D eigenvalue weighted by atomic mass is 10.2. The minimum atomic E-state index is -0.184. The van der Waals surface area contributed by atoms with Crippen LogP contribution in [0.25, 0.3) is 17.0 Å². The molecule has 2 aromatic heterocycles. The van der Waals surface area contributed by atoms with Crippen LogP contribution in [0.2, 0.25) is 0 Å². The third kappa shape index (κ3) is 3.86. The van der Waals surface area contributed by atoms with E-state index >= 15 is 0 Å². The van der Waals surface area contributed by atoms with Gasteiger partial charge in [0.15, 0.2) is 36.0 Å². The molecule has 4 rings (SSSR count). The molecule has 0 fully saturated rings. The molecule has 0 saturated carbocycles. The molecule has 4 aromatic rings. The fourth-order valence-electron chi connectivity index (χ4n) is 3.11. The Kier molecular flexibility index (Phi) is 5.02. The second kappa shape index (κ2) is 7.92. The first-order valence-corrected chi connectivity index (χ1v) is 9.05. The Morgan fingerprint density at radius 2 is 1.93 bits per heavy atom. The standard InChI is InChI=1S/C24H20NO3/c1-27-22-11-5-10-20-15-23(28-24(20)22)21(26)13-12-19-9-6-14-25(17-19)16-18-7-3-2-4-8-18/h2-15,17H,16H2,1H3/q+1. The number of aromatic nitrogens is 1. The highest BCUT2D eigenvalue weighted by atomic mass is 16.5. The molecular weight excluding hydrogens is 350 g/mol. The first-order valence-electron chi connectivity index (χ1n) is 9.05. The normalized spacial score (nSPS) is 11.2. The highest BCUT2D eigenvalue weighted by Crippen LogP contribution is 2.28. The van der Waals surface area contributed by atoms with Crippen molar-refractivity contribution in [1.82, 2.24) is 0 Å². The van der Waals surface area contributed by atoms with Crippen LogP contribution in [0.1, 0.15) is 21.7 Å². The van der Waals surface area contributed by atoms with Gasteiger partial charge in [-0.05, 0) is 30.4 Å². The molecule has 0 amide bonds. The highest BCUT2D eigenvalue weighted by molar-refractivity contribution is 6.07. The Hall–Kier alpha value is -3.66. The number of carbonyl (C=O) groups is 1. The van der Waals surface area contributed by atoms with E-state index in [1.165, 1.54) is 11.6 Å². The number of hydrogen-bond donors (Lipinski definition) is 0. The number of ketones is 1. The van der Waals surface area contributed by atoms with E-state index in [4.69, 9.17) is 9.15 Å². The summed E-state index contributed by atoms with van der Waals surface area (Å²) in [6, 6.07) is 21.5. The molecule has 2 aromatic carbocycles. The number of furan rings is 1. The lowest BCUT2D eigenvalue weighted by Gasteiger charge is -1.99. The van der Waals surface area contributed by atoms with Crippen LogP contribution in [0.4, 0.5) is 0 Å². The van der Waals surface area contributed by atoms with Crippen molar-refractivity contribution >= 4 is 22.8 Å². The van der Waals surface area contributed by atoms with Gasteiger partial charge >= 0.3 is 0 Å². The van der Waals surface area contributed by atoms with E-state index in [2.05, 4.69) is 16.7 Å². The average molecular weight is 370 g/mol. The molecule has 0 radical (unpaired) electrons. The molecule has 0 bridgehead atoms. The van der Waals surface area contributed by atoms with Crippen molar-refractivity contribution in [3.63, 3.8) is 0 Å². The van der Waals surface area contributed by atoms with Gasteiger partial charge in [-0.15, -0.1) is 0 Å². The molecule has 138 valence electrons. The van der Waals surface area contributed by atoms with Gasteiger partial charge in [-0.3, -0.25) is 4.79 Å². The fraction of sp³-hybridized carbons (Fsp3) is 0.0833. The SMILES string of the molecule is COc1cccc2cc(C(=O)C=Cc3ccc[n+](Cc4ccccc4)c3)oc12.